The Morgan fingerprint density at radius 2 is 2.16 bits per heavy atom. The molecule has 25 heavy (non-hydrogen) atoms. The van der Waals surface area contributed by atoms with Gasteiger partial charge in [0.1, 0.15) is 0 Å². The number of rotatable bonds is 3. The predicted octanol–water partition coefficient (Wildman–Crippen LogP) is 2.18. The van der Waals surface area contributed by atoms with Gasteiger partial charge >= 0.3 is 0 Å². The smallest absolute Gasteiger partial charge is 0.275 e. The molecule has 0 saturated heterocycles. The second-order valence-electron chi connectivity index (χ2n) is 5.90. The summed E-state index contributed by atoms with van der Waals surface area (Å²) in [4.78, 5) is 29.8. The number of nitro groups is 1. The van der Waals surface area contributed by atoms with Crippen LogP contribution in [0.25, 0.3) is 4.96 Å². The Kier molecular flexibility index (Phi) is 3.72. The molecule has 0 unspecified atom stereocenters. The van der Waals surface area contributed by atoms with Gasteiger partial charge in [-0.05, 0) is 24.0 Å². The van der Waals surface area contributed by atoms with E-state index >= 15 is 0 Å². The minimum Gasteiger partial charge on any atom is -0.342 e. The van der Waals surface area contributed by atoms with E-state index < -0.39 is 0 Å². The van der Waals surface area contributed by atoms with Crippen molar-refractivity contribution >= 4 is 27.1 Å². The van der Waals surface area contributed by atoms with Crippen LogP contribution in [0.5, 0.6) is 0 Å². The van der Waals surface area contributed by atoms with Crippen LogP contribution < -0.4 is 10.5 Å². The Morgan fingerprint density at radius 1 is 1.32 bits per heavy atom. The van der Waals surface area contributed by atoms with E-state index in [2.05, 4.69) is 10.1 Å². The van der Waals surface area contributed by atoms with Crippen molar-refractivity contribution in [3.05, 3.63) is 61.6 Å². The highest BCUT2D eigenvalue weighted by Crippen LogP contribution is 2.29. The van der Waals surface area contributed by atoms with Gasteiger partial charge in [0, 0.05) is 37.0 Å². The highest BCUT2D eigenvalue weighted by Gasteiger charge is 2.22. The van der Waals surface area contributed by atoms with Crippen LogP contribution in [0.4, 0.5) is 10.8 Å². The molecular weight excluding hydrogens is 342 g/mol. The molecule has 0 bridgehead atoms. The van der Waals surface area contributed by atoms with Crippen LogP contribution in [-0.4, -0.2) is 26.1 Å². The first-order valence-electron chi connectivity index (χ1n) is 7.96. The fourth-order valence-electron chi connectivity index (χ4n) is 2.98. The third-order valence-electron chi connectivity index (χ3n) is 4.33. The Balaban J connectivity index is 1.70. The van der Waals surface area contributed by atoms with Crippen LogP contribution in [-0.2, 0) is 19.4 Å². The molecule has 8 nitrogen and oxygen atoms in total. The summed E-state index contributed by atoms with van der Waals surface area (Å²) in [5.74, 6) is 0. The average Bonchev–Trinajstić information content (AvgIpc) is 3.05. The summed E-state index contributed by atoms with van der Waals surface area (Å²) in [5.41, 5.74) is 2.70. The largest absolute Gasteiger partial charge is 0.342 e. The maximum absolute atomic E-state index is 12.1. The van der Waals surface area contributed by atoms with Gasteiger partial charge in [-0.25, -0.2) is 4.98 Å². The Bertz CT molecular complexity index is 1040. The Labute approximate surface area is 146 Å². The maximum Gasteiger partial charge on any atom is 0.275 e. The highest BCUT2D eigenvalue weighted by atomic mass is 32.1. The lowest BCUT2D eigenvalue weighted by Gasteiger charge is -2.27. The second-order valence-corrected chi connectivity index (χ2v) is 6.83. The van der Waals surface area contributed by atoms with Gasteiger partial charge in [-0.2, -0.15) is 4.52 Å². The maximum atomic E-state index is 12.1. The summed E-state index contributed by atoms with van der Waals surface area (Å²) >= 11 is 1.37. The number of fused-ring (bicyclic) bond motifs is 2. The molecule has 128 valence electrons. The third-order valence-corrected chi connectivity index (χ3v) is 5.30. The van der Waals surface area contributed by atoms with Gasteiger partial charge in [-0.3, -0.25) is 14.9 Å². The van der Waals surface area contributed by atoms with E-state index in [9.17, 15) is 14.9 Å². The van der Waals surface area contributed by atoms with E-state index in [-0.39, 0.29) is 16.2 Å². The minimum absolute atomic E-state index is 0.0929. The van der Waals surface area contributed by atoms with E-state index in [1.807, 2.05) is 17.9 Å². The summed E-state index contributed by atoms with van der Waals surface area (Å²) in [5, 5.41) is 16.1. The fraction of sp³-hybridized carbons (Fsp3) is 0.312. The number of hydrogen-bond acceptors (Lipinski definition) is 7. The summed E-state index contributed by atoms with van der Waals surface area (Å²) in [6, 6.07) is 6.49. The van der Waals surface area contributed by atoms with Crippen molar-refractivity contribution in [2.24, 2.45) is 0 Å². The van der Waals surface area contributed by atoms with Gasteiger partial charge in [-0.15, -0.1) is 5.10 Å². The second kappa shape index (κ2) is 5.92. The molecule has 0 spiro atoms. The lowest BCUT2D eigenvalue weighted by Crippen LogP contribution is -2.30. The molecule has 9 heteroatoms. The van der Waals surface area contributed by atoms with E-state index in [1.54, 1.807) is 12.1 Å². The molecule has 3 heterocycles. The molecule has 0 aliphatic carbocycles. The molecule has 4 rings (SSSR count). The van der Waals surface area contributed by atoms with Gasteiger partial charge in [0.2, 0.25) is 10.1 Å². The number of aryl methyl sites for hydroxylation is 1. The standard InChI is InChI=1S/C16H15N5O3S/c1-2-12-8-14(22)20-15(17-12)25-16(18-20)19-6-5-10-3-4-13(21(23)24)7-11(10)9-19/h3-4,7-8H,2,5-6,9H2,1H3. The SMILES string of the molecule is CCc1cc(=O)n2nc(N3CCc4ccc([N+](=O)[O-])cc4C3)sc2n1. The molecule has 0 atom stereocenters. The third kappa shape index (κ3) is 2.76. The molecular formula is C16H15N5O3S. The lowest BCUT2D eigenvalue weighted by atomic mass is 9.99. The molecule has 3 aromatic rings. The molecule has 1 aliphatic rings. The van der Waals surface area contributed by atoms with Crippen LogP contribution in [0.3, 0.4) is 0 Å². The van der Waals surface area contributed by atoms with Crippen LogP contribution in [0.15, 0.2) is 29.1 Å². The number of anilines is 1. The minimum atomic E-state index is -0.382. The molecule has 0 fully saturated rings. The van der Waals surface area contributed by atoms with Crippen LogP contribution in [0.1, 0.15) is 23.7 Å². The molecule has 2 aromatic heterocycles. The monoisotopic (exact) mass is 357 g/mol. The zero-order chi connectivity index (χ0) is 17.6. The first kappa shape index (κ1) is 15.7. The normalized spacial score (nSPS) is 13.9. The number of nitrogens with zero attached hydrogens (tertiary/aromatic N) is 5. The summed E-state index contributed by atoms with van der Waals surface area (Å²) in [7, 11) is 0. The quantitative estimate of drug-likeness (QED) is 0.527. The Morgan fingerprint density at radius 3 is 2.92 bits per heavy atom. The van der Waals surface area contributed by atoms with Gasteiger partial charge in [-0.1, -0.05) is 24.3 Å². The number of hydrogen-bond donors (Lipinski definition) is 0. The summed E-state index contributed by atoms with van der Waals surface area (Å²) in [6.07, 6.45) is 1.48. The van der Waals surface area contributed by atoms with Crippen molar-refractivity contribution in [1.29, 1.82) is 0 Å². The van der Waals surface area contributed by atoms with Crippen LogP contribution >= 0.6 is 11.3 Å². The van der Waals surface area contributed by atoms with Gasteiger partial charge in [0.15, 0.2) is 0 Å². The number of nitro benzene ring substituents is 1. The zero-order valence-corrected chi connectivity index (χ0v) is 14.3. The van der Waals surface area contributed by atoms with Crippen molar-refractivity contribution in [2.45, 2.75) is 26.3 Å². The van der Waals surface area contributed by atoms with Crippen molar-refractivity contribution in [3.63, 3.8) is 0 Å². The van der Waals surface area contributed by atoms with E-state index in [0.29, 0.717) is 23.1 Å². The van der Waals surface area contributed by atoms with Crippen molar-refractivity contribution < 1.29 is 4.92 Å². The number of aromatic nitrogens is 3. The lowest BCUT2D eigenvalue weighted by molar-refractivity contribution is -0.384. The molecule has 1 aliphatic heterocycles. The number of non-ortho nitro benzene ring substituents is 1. The van der Waals surface area contributed by atoms with Gasteiger partial charge in [0.25, 0.3) is 11.2 Å². The number of benzene rings is 1. The van der Waals surface area contributed by atoms with Crippen LogP contribution in [0.2, 0.25) is 0 Å². The van der Waals surface area contributed by atoms with Gasteiger partial charge in [0.05, 0.1) is 4.92 Å². The molecule has 0 radical (unpaired) electrons. The molecule has 0 N–H and O–H groups in total. The van der Waals surface area contributed by atoms with E-state index in [4.69, 9.17) is 0 Å². The van der Waals surface area contributed by atoms with Crippen molar-refractivity contribution in [2.75, 3.05) is 11.4 Å². The Hall–Kier alpha value is -2.81. The molecule has 0 saturated carbocycles. The van der Waals surface area contributed by atoms with Crippen molar-refractivity contribution in [1.82, 2.24) is 14.6 Å². The zero-order valence-electron chi connectivity index (χ0n) is 13.5. The predicted molar refractivity (Wildman–Crippen MR) is 94.4 cm³/mol. The highest BCUT2D eigenvalue weighted by molar-refractivity contribution is 7.20. The topological polar surface area (TPSA) is 93.6 Å². The molecule has 1 aromatic carbocycles. The van der Waals surface area contributed by atoms with Crippen LogP contribution in [0, 0.1) is 10.1 Å². The van der Waals surface area contributed by atoms with Crippen molar-refractivity contribution in [3.8, 4) is 0 Å². The fourth-order valence-corrected chi connectivity index (χ4v) is 3.93. The average molecular weight is 357 g/mol. The first-order valence-corrected chi connectivity index (χ1v) is 8.77. The van der Waals surface area contributed by atoms with E-state index in [1.165, 1.54) is 21.9 Å². The van der Waals surface area contributed by atoms with E-state index in [0.717, 1.165) is 29.8 Å². The molecule has 0 amide bonds. The van der Waals surface area contributed by atoms with Gasteiger partial charge < -0.3 is 4.90 Å². The summed E-state index contributed by atoms with van der Waals surface area (Å²) in [6.45, 7) is 3.24. The first-order chi connectivity index (χ1) is 12.0. The summed E-state index contributed by atoms with van der Waals surface area (Å²) < 4.78 is 1.32.